The van der Waals surface area contributed by atoms with Crippen molar-refractivity contribution >= 4 is 23.6 Å². The fourth-order valence-electron chi connectivity index (χ4n) is 1.89. The molecule has 132 valence electrons. The van der Waals surface area contributed by atoms with Crippen LogP contribution >= 0.6 is 11.6 Å². The molecule has 1 aromatic rings. The zero-order valence-corrected chi connectivity index (χ0v) is 12.3. The minimum Gasteiger partial charge on any atom is -0.478 e. The predicted molar refractivity (Wildman–Crippen MR) is 85.4 cm³/mol. The lowest BCUT2D eigenvalue weighted by Gasteiger charge is -2.27. The maximum Gasteiger partial charge on any atom is 0.430 e. The van der Waals surface area contributed by atoms with Crippen molar-refractivity contribution in [3.8, 4) is 5.75 Å². The van der Waals surface area contributed by atoms with Gasteiger partial charge < -0.3 is 9.84 Å². The summed E-state index contributed by atoms with van der Waals surface area (Å²) in [5, 5.41) is 8.36. The molecule has 1 N–H and O–H groups in total. The van der Waals surface area contributed by atoms with Crippen LogP contribution in [0.3, 0.4) is 0 Å². The number of benzene rings is 1. The van der Waals surface area contributed by atoms with Gasteiger partial charge in [0.2, 0.25) is 6.10 Å². The van der Waals surface area contributed by atoms with Gasteiger partial charge >= 0.3 is 12.1 Å². The molecule has 1 heterocycles. The first-order valence-corrected chi connectivity index (χ1v) is 6.56. The first-order valence-electron chi connectivity index (χ1n) is 12.7. The second-order valence-electron chi connectivity index (χ2n) is 4.44. The Labute approximate surface area is 161 Å². The minimum absolute atomic E-state index is 0.375. The van der Waals surface area contributed by atoms with E-state index < -0.39 is 78.9 Å². The summed E-state index contributed by atoms with van der Waals surface area (Å²) >= 11 is 5.99. The number of halogens is 4. The molecule has 0 radical (unpaired) electrons. The molecule has 24 heavy (non-hydrogen) atoms. The summed E-state index contributed by atoms with van der Waals surface area (Å²) in [5.41, 5.74) is -2.67. The molecule has 0 saturated heterocycles. The minimum atomic E-state index is -5.25. The summed E-state index contributed by atoms with van der Waals surface area (Å²) in [7, 11) is 0. The predicted octanol–water partition coefficient (Wildman–Crippen LogP) is 5.25. The summed E-state index contributed by atoms with van der Waals surface area (Å²) < 4.78 is 146. The standard InChI is InChI=1S/C17H18ClF3O3/c1-2-3-4-5-6-10-9-14-11(8-13(10)18)7-12(16(22)23)15(24-14)17(19,20)21/h7-9,15H,2-6H2,1H3,(H,22,23)/i1D3,2D2,3D2,4D2,5D2,6D2. The van der Waals surface area contributed by atoms with E-state index >= 15 is 0 Å². The maximum absolute atomic E-state index is 13.4. The van der Waals surface area contributed by atoms with Crippen LogP contribution in [-0.4, -0.2) is 23.4 Å². The number of ether oxygens (including phenoxy) is 1. The number of hydrogen-bond acceptors (Lipinski definition) is 2. The summed E-state index contributed by atoms with van der Waals surface area (Å²) in [6.45, 7) is -3.81. The van der Waals surface area contributed by atoms with Gasteiger partial charge in [-0.2, -0.15) is 13.2 Å². The number of carboxylic acids is 1. The first kappa shape index (κ1) is 7.68. The van der Waals surface area contributed by atoms with Gasteiger partial charge in [0.15, 0.2) is 0 Å². The third-order valence-electron chi connectivity index (χ3n) is 2.87. The monoisotopic (exact) mass is 375 g/mol. The molecule has 0 amide bonds. The molecule has 1 atom stereocenters. The zero-order valence-electron chi connectivity index (χ0n) is 24.6. The van der Waals surface area contributed by atoms with Crippen molar-refractivity contribution in [1.29, 1.82) is 0 Å². The number of aryl methyl sites for hydroxylation is 1. The van der Waals surface area contributed by atoms with E-state index in [-0.39, 0.29) is 5.56 Å². The third-order valence-corrected chi connectivity index (χ3v) is 3.18. The van der Waals surface area contributed by atoms with Gasteiger partial charge in [-0.05, 0) is 36.5 Å². The van der Waals surface area contributed by atoms with Gasteiger partial charge in [0, 0.05) is 28.4 Å². The van der Waals surface area contributed by atoms with E-state index in [9.17, 15) is 18.0 Å². The number of alkyl halides is 3. The molecule has 0 bridgehead atoms. The largest absolute Gasteiger partial charge is 0.478 e. The van der Waals surface area contributed by atoms with Gasteiger partial charge in [-0.1, -0.05) is 37.6 Å². The summed E-state index contributed by atoms with van der Waals surface area (Å²) in [5.74, 6) is -2.80. The smallest absolute Gasteiger partial charge is 0.430 e. The highest BCUT2D eigenvalue weighted by atomic mass is 35.5. The van der Waals surface area contributed by atoms with Crippen LogP contribution in [0.4, 0.5) is 13.2 Å². The lowest BCUT2D eigenvalue weighted by molar-refractivity contribution is -0.187. The van der Waals surface area contributed by atoms with Crippen LogP contribution in [0.2, 0.25) is 5.02 Å². The van der Waals surface area contributed by atoms with Gasteiger partial charge in [0.1, 0.15) is 5.75 Å². The van der Waals surface area contributed by atoms with E-state index in [4.69, 9.17) is 39.3 Å². The molecule has 3 nitrogen and oxygen atoms in total. The number of hydrogen-bond donors (Lipinski definition) is 1. The highest BCUT2D eigenvalue weighted by Crippen LogP contribution is 2.39. The van der Waals surface area contributed by atoms with Crippen molar-refractivity contribution < 1.29 is 45.6 Å². The number of fused-ring (bicyclic) bond motifs is 1. The molecule has 2 rings (SSSR count). The Bertz CT molecular complexity index is 1130. The second kappa shape index (κ2) is 7.47. The average Bonchev–Trinajstić information content (AvgIpc) is 2.69. The van der Waals surface area contributed by atoms with Crippen molar-refractivity contribution in [2.75, 3.05) is 0 Å². The highest BCUT2D eigenvalue weighted by Gasteiger charge is 2.48. The van der Waals surface area contributed by atoms with E-state index in [0.717, 1.165) is 6.07 Å². The van der Waals surface area contributed by atoms with E-state index in [2.05, 4.69) is 0 Å². The number of carboxylic acid groups (broad SMARTS) is 1. The van der Waals surface area contributed by atoms with E-state index in [1.54, 1.807) is 0 Å². The normalized spacial score (nSPS) is 28.6. The van der Waals surface area contributed by atoms with Gasteiger partial charge in [-0.15, -0.1) is 0 Å². The zero-order chi connectivity index (χ0) is 29.4. The molecular formula is C17H18ClF3O3. The molecule has 0 aromatic heterocycles. The Kier molecular flexibility index (Phi) is 2.39. The topological polar surface area (TPSA) is 46.5 Å². The highest BCUT2D eigenvalue weighted by molar-refractivity contribution is 6.31. The van der Waals surface area contributed by atoms with Crippen LogP contribution in [0.15, 0.2) is 17.7 Å². The molecule has 7 heteroatoms. The average molecular weight is 376 g/mol. The molecule has 1 unspecified atom stereocenters. The molecule has 1 aliphatic rings. The third kappa shape index (κ3) is 4.23. The van der Waals surface area contributed by atoms with Crippen molar-refractivity contribution in [3.63, 3.8) is 0 Å². The molecule has 1 aromatic carbocycles. The first-order chi connectivity index (χ1) is 16.2. The van der Waals surface area contributed by atoms with Crippen molar-refractivity contribution in [1.82, 2.24) is 0 Å². The molecule has 0 aliphatic carbocycles. The summed E-state index contributed by atoms with van der Waals surface area (Å²) in [4.78, 5) is 11.3. The Morgan fingerprint density at radius 1 is 1.42 bits per heavy atom. The fraction of sp³-hybridized carbons (Fsp3) is 0.471. The molecule has 0 fully saturated rings. The van der Waals surface area contributed by atoms with Crippen molar-refractivity contribution in [2.45, 2.75) is 51.0 Å². The Morgan fingerprint density at radius 3 is 2.79 bits per heavy atom. The van der Waals surface area contributed by atoms with Crippen molar-refractivity contribution in [2.24, 2.45) is 0 Å². The van der Waals surface area contributed by atoms with Crippen LogP contribution in [0.5, 0.6) is 5.75 Å². The summed E-state index contributed by atoms with van der Waals surface area (Å²) in [6, 6.07) is 1.18. The Balaban J connectivity index is 2.73. The van der Waals surface area contributed by atoms with Crippen molar-refractivity contribution in [3.05, 3.63) is 33.9 Å². The number of aliphatic carboxylic acids is 1. The molecular weight excluding hydrogens is 345 g/mol. The Hall–Kier alpha value is -1.69. The fourth-order valence-corrected chi connectivity index (χ4v) is 2.11. The van der Waals surface area contributed by atoms with Crippen LogP contribution in [-0.2, 0) is 11.2 Å². The second-order valence-corrected chi connectivity index (χ2v) is 4.85. The van der Waals surface area contributed by atoms with Crippen LogP contribution in [0.1, 0.15) is 61.3 Å². The van der Waals surface area contributed by atoms with Gasteiger partial charge in [-0.3, -0.25) is 0 Å². The molecule has 0 spiro atoms. The molecule has 1 aliphatic heterocycles. The number of carbonyl (C=O) groups is 1. The number of rotatable bonds is 6. The lowest BCUT2D eigenvalue weighted by atomic mass is 9.98. The van der Waals surface area contributed by atoms with Gasteiger partial charge in [-0.25, -0.2) is 4.79 Å². The van der Waals surface area contributed by atoms with Crippen LogP contribution in [0, 0.1) is 0 Å². The lowest BCUT2D eigenvalue weighted by Crippen LogP contribution is -2.40. The molecule has 0 saturated carbocycles. The van der Waals surface area contributed by atoms with Crippen LogP contribution < -0.4 is 4.74 Å². The summed E-state index contributed by atoms with van der Waals surface area (Å²) in [6.07, 6.45) is -28.0. The van der Waals surface area contributed by atoms with E-state index in [1.807, 2.05) is 0 Å². The van der Waals surface area contributed by atoms with Crippen LogP contribution in [0.25, 0.3) is 6.08 Å². The maximum atomic E-state index is 13.4. The van der Waals surface area contributed by atoms with E-state index in [1.165, 1.54) is 0 Å². The SMILES string of the molecule is [2H]C([2H])([2H])C([2H])([2H])C([2H])([2H])C([2H])([2H])C([2H])([2H])C([2H])([2H])c1cc2c(cc1Cl)C=C(C(=O)O)C(C(F)(F)F)O2. The van der Waals surface area contributed by atoms with Gasteiger partial charge in [0.25, 0.3) is 0 Å². The quantitative estimate of drug-likeness (QED) is 0.738. The van der Waals surface area contributed by atoms with E-state index in [0.29, 0.717) is 12.1 Å². The Morgan fingerprint density at radius 2 is 2.17 bits per heavy atom. The van der Waals surface area contributed by atoms with Gasteiger partial charge in [0.05, 0.1) is 5.57 Å².